The predicted octanol–water partition coefficient (Wildman–Crippen LogP) is 6.67. The Morgan fingerprint density at radius 3 is 2.49 bits per heavy atom. The van der Waals surface area contributed by atoms with Crippen LogP contribution < -0.4 is 0 Å². The number of allylic oxidation sites excluding steroid dienone is 2. The van der Waals surface area contributed by atoms with E-state index in [4.69, 9.17) is 4.18 Å². The highest BCUT2D eigenvalue weighted by atomic mass is 32.2. The number of aliphatic hydroxyl groups is 1. The molecule has 3 fully saturated rings. The van der Waals surface area contributed by atoms with Crippen molar-refractivity contribution in [1.29, 1.82) is 0 Å². The molecule has 0 aliphatic heterocycles. The van der Waals surface area contributed by atoms with Gasteiger partial charge in [0.15, 0.2) is 0 Å². The molecule has 0 bridgehead atoms. The summed E-state index contributed by atoms with van der Waals surface area (Å²) in [6.07, 6.45) is 11.5. The van der Waals surface area contributed by atoms with Crippen LogP contribution in [0.15, 0.2) is 40.8 Å². The lowest BCUT2D eigenvalue weighted by Gasteiger charge is -2.58. The zero-order valence-electron chi connectivity index (χ0n) is 22.2. The summed E-state index contributed by atoms with van der Waals surface area (Å²) in [6.45, 7) is 11.4. The van der Waals surface area contributed by atoms with Gasteiger partial charge in [0.1, 0.15) is 0 Å². The number of fused-ring (bicyclic) bond motifs is 5. The van der Waals surface area contributed by atoms with Crippen molar-refractivity contribution >= 4 is 10.1 Å². The maximum atomic E-state index is 12.8. The fourth-order valence-corrected chi connectivity index (χ4v) is 9.76. The largest absolute Gasteiger partial charge is 0.390 e. The Morgan fingerprint density at radius 1 is 1.06 bits per heavy atom. The minimum absolute atomic E-state index is 0.192. The quantitative estimate of drug-likeness (QED) is 0.362. The second-order valence-corrected chi connectivity index (χ2v) is 14.8. The molecule has 0 radical (unpaired) electrons. The zero-order valence-corrected chi connectivity index (χ0v) is 23.0. The van der Waals surface area contributed by atoms with Crippen LogP contribution in [0.2, 0.25) is 0 Å². The number of rotatable bonds is 5. The lowest BCUT2D eigenvalue weighted by molar-refractivity contribution is -0.0649. The average molecular weight is 501 g/mol. The molecule has 35 heavy (non-hydrogen) atoms. The van der Waals surface area contributed by atoms with Crippen molar-refractivity contribution in [3.63, 3.8) is 0 Å². The first-order chi connectivity index (χ1) is 16.4. The van der Waals surface area contributed by atoms with Crippen LogP contribution in [0.4, 0.5) is 0 Å². The van der Waals surface area contributed by atoms with E-state index >= 15 is 0 Å². The molecule has 1 aromatic rings. The van der Waals surface area contributed by atoms with Gasteiger partial charge in [-0.05, 0) is 118 Å². The van der Waals surface area contributed by atoms with Gasteiger partial charge < -0.3 is 5.11 Å². The molecule has 0 heterocycles. The van der Waals surface area contributed by atoms with E-state index in [1.54, 1.807) is 17.7 Å². The Bertz CT molecular complexity index is 1090. The summed E-state index contributed by atoms with van der Waals surface area (Å²) in [5, 5.41) is 10.7. The van der Waals surface area contributed by atoms with Crippen LogP contribution in [-0.2, 0) is 14.3 Å². The van der Waals surface area contributed by atoms with Crippen LogP contribution in [-0.4, -0.2) is 25.7 Å². The minimum atomic E-state index is -3.73. The Balaban J connectivity index is 1.31. The molecule has 194 valence electrons. The number of hydrogen-bond acceptors (Lipinski definition) is 4. The molecule has 0 spiro atoms. The van der Waals surface area contributed by atoms with E-state index in [0.29, 0.717) is 23.7 Å². The molecule has 0 saturated heterocycles. The highest BCUT2D eigenvalue weighted by Crippen LogP contribution is 2.66. The number of aryl methyl sites for hydroxylation is 1. The van der Waals surface area contributed by atoms with E-state index in [0.717, 1.165) is 37.7 Å². The Labute approximate surface area is 212 Å². The number of hydrogen-bond donors (Lipinski definition) is 1. The third-order valence-corrected chi connectivity index (χ3v) is 12.2. The van der Waals surface area contributed by atoms with Crippen molar-refractivity contribution in [1.82, 2.24) is 0 Å². The van der Waals surface area contributed by atoms with E-state index in [1.807, 2.05) is 26.0 Å². The van der Waals surface area contributed by atoms with Gasteiger partial charge in [0.2, 0.25) is 0 Å². The Kier molecular flexibility index (Phi) is 6.33. The Morgan fingerprint density at radius 2 is 1.77 bits per heavy atom. The van der Waals surface area contributed by atoms with Crippen LogP contribution in [0.25, 0.3) is 0 Å². The first kappa shape index (κ1) is 25.5. The highest BCUT2D eigenvalue weighted by Gasteiger charge is 2.58. The monoisotopic (exact) mass is 500 g/mol. The molecular formula is C30H44O4S. The lowest BCUT2D eigenvalue weighted by Crippen LogP contribution is -2.51. The van der Waals surface area contributed by atoms with Crippen LogP contribution in [0.1, 0.15) is 84.6 Å². The zero-order chi connectivity index (χ0) is 25.2. The van der Waals surface area contributed by atoms with E-state index in [1.165, 1.54) is 19.3 Å². The van der Waals surface area contributed by atoms with Gasteiger partial charge in [0.05, 0.1) is 17.1 Å². The van der Waals surface area contributed by atoms with Gasteiger partial charge in [-0.3, -0.25) is 4.18 Å². The molecular weight excluding hydrogens is 456 g/mol. The van der Waals surface area contributed by atoms with E-state index in [2.05, 4.69) is 26.8 Å². The average Bonchev–Trinajstić information content (AvgIpc) is 3.15. The van der Waals surface area contributed by atoms with Gasteiger partial charge in [-0.2, -0.15) is 8.42 Å². The molecule has 0 amide bonds. The maximum absolute atomic E-state index is 12.8. The third kappa shape index (κ3) is 4.34. The normalized spacial score (nSPS) is 41.9. The van der Waals surface area contributed by atoms with Crippen LogP contribution in [0, 0.1) is 47.3 Å². The summed E-state index contributed by atoms with van der Waals surface area (Å²) >= 11 is 0. The summed E-state index contributed by atoms with van der Waals surface area (Å²) < 4.78 is 31.2. The molecule has 0 aromatic heterocycles. The van der Waals surface area contributed by atoms with Gasteiger partial charge in [-0.1, -0.05) is 50.1 Å². The molecule has 4 aliphatic rings. The molecule has 1 aromatic carbocycles. The van der Waals surface area contributed by atoms with Crippen molar-refractivity contribution < 1.29 is 17.7 Å². The summed E-state index contributed by atoms with van der Waals surface area (Å²) in [4.78, 5) is 0.243. The molecule has 0 unspecified atom stereocenters. The fraction of sp³-hybridized carbons (Fsp3) is 0.733. The smallest absolute Gasteiger partial charge is 0.296 e. The predicted molar refractivity (Wildman–Crippen MR) is 139 cm³/mol. The summed E-state index contributed by atoms with van der Waals surface area (Å²) in [5.74, 6) is 2.57. The van der Waals surface area contributed by atoms with Crippen molar-refractivity contribution in [2.24, 2.45) is 40.4 Å². The highest BCUT2D eigenvalue weighted by molar-refractivity contribution is 7.86. The van der Waals surface area contributed by atoms with Gasteiger partial charge >= 0.3 is 0 Å². The molecule has 8 atom stereocenters. The molecule has 4 aliphatic carbocycles. The first-order valence-electron chi connectivity index (χ1n) is 13.7. The third-order valence-electron chi connectivity index (χ3n) is 10.9. The number of benzene rings is 1. The lowest BCUT2D eigenvalue weighted by atomic mass is 9.47. The first-order valence-corrected chi connectivity index (χ1v) is 15.2. The van der Waals surface area contributed by atoms with Crippen LogP contribution in [0.5, 0.6) is 0 Å². The van der Waals surface area contributed by atoms with Crippen molar-refractivity contribution in [3.05, 3.63) is 41.5 Å². The van der Waals surface area contributed by atoms with Gasteiger partial charge in [-0.15, -0.1) is 0 Å². The second kappa shape index (κ2) is 8.70. The van der Waals surface area contributed by atoms with Gasteiger partial charge in [0, 0.05) is 0 Å². The molecule has 1 N–H and O–H groups in total. The standard InChI is InChI=1S/C30H44O4S/c1-20-6-9-23(10-7-20)35(32,33)34-19-21(2)25-12-13-26-24-11-8-22-18-28(3,31)16-17-29(22,4)27(24)14-15-30(25,26)5/h6-7,9-10,14,21-22,24-26,31H,8,11-13,15-19H2,1-5H3/t21-,22+,24+,25-,26+,28+,29+,30-/m1/s1. The van der Waals surface area contributed by atoms with Crippen molar-refractivity contribution in [3.8, 4) is 0 Å². The maximum Gasteiger partial charge on any atom is 0.296 e. The van der Waals surface area contributed by atoms with E-state index in [-0.39, 0.29) is 28.3 Å². The fourth-order valence-electron chi connectivity index (χ4n) is 8.76. The molecule has 5 rings (SSSR count). The summed E-state index contributed by atoms with van der Waals surface area (Å²) in [7, 11) is -3.73. The molecule has 3 saturated carbocycles. The summed E-state index contributed by atoms with van der Waals surface area (Å²) in [5.41, 5.74) is 2.66. The molecule has 4 nitrogen and oxygen atoms in total. The van der Waals surface area contributed by atoms with E-state index in [9.17, 15) is 13.5 Å². The van der Waals surface area contributed by atoms with Gasteiger partial charge in [-0.25, -0.2) is 0 Å². The Hall–Kier alpha value is -1.17. The van der Waals surface area contributed by atoms with Crippen LogP contribution in [0.3, 0.4) is 0 Å². The van der Waals surface area contributed by atoms with Crippen LogP contribution >= 0.6 is 0 Å². The second-order valence-electron chi connectivity index (χ2n) is 13.2. The van der Waals surface area contributed by atoms with Crippen molar-refractivity contribution in [2.75, 3.05) is 6.61 Å². The van der Waals surface area contributed by atoms with E-state index < -0.39 is 15.7 Å². The topological polar surface area (TPSA) is 63.6 Å². The SMILES string of the molecule is Cc1ccc(S(=O)(=O)OC[C@@H](C)[C@H]2CC[C@H]3[C@@H]4CC[C@H]5C[C@@](C)(O)CC[C@]5(C)C4=CC[C@]23C)cc1. The minimum Gasteiger partial charge on any atom is -0.390 e. The van der Waals surface area contributed by atoms with Gasteiger partial charge in [0.25, 0.3) is 10.1 Å². The molecule has 5 heteroatoms. The van der Waals surface area contributed by atoms with Crippen molar-refractivity contribution in [2.45, 2.75) is 96.5 Å². The summed E-state index contributed by atoms with van der Waals surface area (Å²) in [6, 6.07) is 6.90.